The van der Waals surface area contributed by atoms with Gasteiger partial charge in [-0.1, -0.05) is 23.3 Å². The molecule has 5 nitrogen and oxygen atoms in total. The summed E-state index contributed by atoms with van der Waals surface area (Å²) >= 11 is 5.83. The molecule has 1 aromatic heterocycles. The van der Waals surface area contributed by atoms with E-state index in [1.807, 2.05) is 13.8 Å². The molecule has 1 aliphatic rings. The Bertz CT molecular complexity index is 627. The second kappa shape index (κ2) is 5.25. The van der Waals surface area contributed by atoms with Gasteiger partial charge < -0.3 is 0 Å². The molecule has 0 unspecified atom stereocenters. The van der Waals surface area contributed by atoms with Gasteiger partial charge in [-0.15, -0.1) is 0 Å². The fourth-order valence-corrected chi connectivity index (χ4v) is 2.08. The molecule has 0 aromatic carbocycles. The van der Waals surface area contributed by atoms with Gasteiger partial charge in [0.15, 0.2) is 5.82 Å². The number of aryl methyl sites for hydroxylation is 1. The molecule has 0 saturated carbocycles. The lowest BCUT2D eigenvalue weighted by Gasteiger charge is -2.09. The number of rotatable bonds is 3. The molecular formula is C14H16ClN3O2. The Labute approximate surface area is 122 Å². The normalized spacial score (nSPS) is 15.3. The van der Waals surface area contributed by atoms with Crippen LogP contribution in [0.3, 0.4) is 0 Å². The van der Waals surface area contributed by atoms with E-state index in [1.54, 1.807) is 17.8 Å². The molecule has 2 amide bonds. The highest BCUT2D eigenvalue weighted by atomic mass is 35.5. The van der Waals surface area contributed by atoms with Crippen molar-refractivity contribution < 1.29 is 9.59 Å². The first-order valence-electron chi connectivity index (χ1n) is 6.24. The van der Waals surface area contributed by atoms with Crippen LogP contribution in [0, 0.1) is 0 Å². The van der Waals surface area contributed by atoms with Crippen molar-refractivity contribution in [3.63, 3.8) is 0 Å². The van der Waals surface area contributed by atoms with Crippen LogP contribution in [0.5, 0.6) is 0 Å². The molecule has 20 heavy (non-hydrogen) atoms. The van der Waals surface area contributed by atoms with Crippen molar-refractivity contribution in [1.82, 2.24) is 9.78 Å². The van der Waals surface area contributed by atoms with E-state index in [-0.39, 0.29) is 10.6 Å². The minimum atomic E-state index is -0.513. The third-order valence-corrected chi connectivity index (χ3v) is 3.60. The fraction of sp³-hybridized carbons (Fsp3) is 0.357. The quantitative estimate of drug-likeness (QED) is 0.635. The molecule has 6 heteroatoms. The van der Waals surface area contributed by atoms with Crippen LogP contribution in [0.15, 0.2) is 28.3 Å². The van der Waals surface area contributed by atoms with Crippen LogP contribution < -0.4 is 4.90 Å². The summed E-state index contributed by atoms with van der Waals surface area (Å²) in [5.41, 5.74) is 2.37. The molecule has 1 aliphatic heterocycles. The van der Waals surface area contributed by atoms with Gasteiger partial charge in [0.2, 0.25) is 0 Å². The van der Waals surface area contributed by atoms with Crippen LogP contribution in [0.1, 0.15) is 26.5 Å². The molecule has 2 heterocycles. The second-order valence-electron chi connectivity index (χ2n) is 4.99. The third-order valence-electron chi connectivity index (χ3n) is 3.16. The van der Waals surface area contributed by atoms with E-state index in [4.69, 9.17) is 11.6 Å². The summed E-state index contributed by atoms with van der Waals surface area (Å²) in [6.07, 6.45) is 2.76. The van der Waals surface area contributed by atoms with E-state index < -0.39 is 11.8 Å². The molecule has 0 aliphatic carbocycles. The number of imide groups is 1. The Balaban J connectivity index is 2.32. The number of carbonyl (C=O) groups is 2. The Morgan fingerprint density at radius 2 is 2.00 bits per heavy atom. The largest absolute Gasteiger partial charge is 0.278 e. The van der Waals surface area contributed by atoms with Crippen LogP contribution in [0.4, 0.5) is 5.82 Å². The Kier molecular flexibility index (Phi) is 3.81. The van der Waals surface area contributed by atoms with Crippen molar-refractivity contribution in [1.29, 1.82) is 0 Å². The molecule has 0 spiro atoms. The number of aromatic nitrogens is 2. The summed E-state index contributed by atoms with van der Waals surface area (Å²) < 4.78 is 1.66. The average Bonchev–Trinajstić information content (AvgIpc) is 2.82. The predicted molar refractivity (Wildman–Crippen MR) is 77.4 cm³/mol. The maximum Gasteiger partial charge on any atom is 0.278 e. The van der Waals surface area contributed by atoms with Crippen LogP contribution in [0.25, 0.3) is 0 Å². The first-order chi connectivity index (χ1) is 9.32. The van der Waals surface area contributed by atoms with Crippen molar-refractivity contribution in [3.05, 3.63) is 34.0 Å². The number of allylic oxidation sites excluding steroid dienone is 2. The van der Waals surface area contributed by atoms with Crippen LogP contribution in [-0.2, 0) is 23.1 Å². The highest BCUT2D eigenvalue weighted by Crippen LogP contribution is 2.28. The van der Waals surface area contributed by atoms with E-state index in [0.717, 1.165) is 10.6 Å². The van der Waals surface area contributed by atoms with E-state index in [0.29, 0.717) is 12.2 Å². The highest BCUT2D eigenvalue weighted by Gasteiger charge is 2.37. The average molecular weight is 294 g/mol. The lowest BCUT2D eigenvalue weighted by Crippen LogP contribution is -2.31. The molecule has 0 fully saturated rings. The zero-order valence-electron chi connectivity index (χ0n) is 11.9. The van der Waals surface area contributed by atoms with Gasteiger partial charge in [-0.3, -0.25) is 14.3 Å². The van der Waals surface area contributed by atoms with Gasteiger partial charge in [-0.2, -0.15) is 5.10 Å². The highest BCUT2D eigenvalue weighted by molar-refractivity contribution is 6.52. The molecule has 1 aromatic rings. The lowest BCUT2D eigenvalue weighted by atomic mass is 10.2. The number of carbonyl (C=O) groups excluding carboxylic acids is 2. The smallest absolute Gasteiger partial charge is 0.270 e. The molecule has 0 radical (unpaired) electrons. The fourth-order valence-electron chi connectivity index (χ4n) is 1.92. The molecule has 0 atom stereocenters. The van der Waals surface area contributed by atoms with Gasteiger partial charge in [0.25, 0.3) is 11.8 Å². The van der Waals surface area contributed by atoms with Crippen molar-refractivity contribution >= 4 is 29.2 Å². The minimum absolute atomic E-state index is 0.0356. The maximum absolute atomic E-state index is 12.0. The molecule has 0 N–H and O–H groups in total. The molecule has 0 bridgehead atoms. The van der Waals surface area contributed by atoms with Gasteiger partial charge in [-0.05, 0) is 20.8 Å². The summed E-state index contributed by atoms with van der Waals surface area (Å²) in [5, 5.41) is 4.19. The van der Waals surface area contributed by atoms with Crippen molar-refractivity contribution in [2.24, 2.45) is 7.05 Å². The minimum Gasteiger partial charge on any atom is -0.270 e. The number of hydrogen-bond donors (Lipinski definition) is 0. The summed E-state index contributed by atoms with van der Waals surface area (Å²) in [6.45, 7) is 5.56. The first-order valence-corrected chi connectivity index (χ1v) is 6.62. The standard InChI is InChI=1S/C14H16ClN3O2/c1-8(2)5-6-10-7-11(16-17(10)4)18-13(19)9(3)12(15)14(18)20/h5,7H,6H2,1-4H3. The second-order valence-corrected chi connectivity index (χ2v) is 5.37. The Morgan fingerprint density at radius 1 is 1.35 bits per heavy atom. The van der Waals surface area contributed by atoms with Gasteiger partial charge in [0.05, 0.1) is 0 Å². The number of hydrogen-bond acceptors (Lipinski definition) is 3. The van der Waals surface area contributed by atoms with Gasteiger partial charge >= 0.3 is 0 Å². The number of nitrogens with zero attached hydrogens (tertiary/aromatic N) is 3. The molecule has 0 saturated heterocycles. The van der Waals surface area contributed by atoms with E-state index in [9.17, 15) is 9.59 Å². The topological polar surface area (TPSA) is 55.2 Å². The summed E-state index contributed by atoms with van der Waals surface area (Å²) in [6, 6.07) is 1.73. The van der Waals surface area contributed by atoms with Crippen molar-refractivity contribution in [3.8, 4) is 0 Å². The lowest BCUT2D eigenvalue weighted by molar-refractivity contribution is -0.120. The SMILES string of the molecule is CC(C)=CCc1cc(N2C(=O)C(C)=C(Cl)C2=O)nn1C. The van der Waals surface area contributed by atoms with Crippen LogP contribution in [-0.4, -0.2) is 21.6 Å². The summed E-state index contributed by atoms with van der Waals surface area (Å²) in [4.78, 5) is 25.0. The third kappa shape index (κ3) is 2.41. The number of amides is 2. The first kappa shape index (κ1) is 14.5. The van der Waals surface area contributed by atoms with Gasteiger partial charge in [-0.25, -0.2) is 4.90 Å². The Morgan fingerprint density at radius 3 is 2.50 bits per heavy atom. The molecular weight excluding hydrogens is 278 g/mol. The monoisotopic (exact) mass is 293 g/mol. The van der Waals surface area contributed by atoms with Crippen molar-refractivity contribution in [2.45, 2.75) is 27.2 Å². The molecule has 2 rings (SSSR count). The van der Waals surface area contributed by atoms with E-state index >= 15 is 0 Å². The summed E-state index contributed by atoms with van der Waals surface area (Å²) in [7, 11) is 1.78. The number of anilines is 1. The summed E-state index contributed by atoms with van der Waals surface area (Å²) in [5.74, 6) is -0.609. The zero-order chi connectivity index (χ0) is 15.0. The van der Waals surface area contributed by atoms with Crippen LogP contribution in [0.2, 0.25) is 0 Å². The predicted octanol–water partition coefficient (Wildman–Crippen LogP) is 2.31. The van der Waals surface area contributed by atoms with Gasteiger partial charge in [0.1, 0.15) is 5.03 Å². The Hall–Kier alpha value is -1.88. The van der Waals surface area contributed by atoms with Gasteiger partial charge in [0, 0.05) is 30.8 Å². The maximum atomic E-state index is 12.0. The number of halogens is 1. The van der Waals surface area contributed by atoms with Crippen molar-refractivity contribution in [2.75, 3.05) is 4.90 Å². The molecule has 106 valence electrons. The zero-order valence-corrected chi connectivity index (χ0v) is 12.7. The van der Waals surface area contributed by atoms with E-state index in [1.165, 1.54) is 12.5 Å². The van der Waals surface area contributed by atoms with Crippen LogP contribution >= 0.6 is 11.6 Å². The van der Waals surface area contributed by atoms with E-state index in [2.05, 4.69) is 11.2 Å².